The van der Waals surface area contributed by atoms with Crippen molar-refractivity contribution < 1.29 is 4.79 Å². The normalized spacial score (nSPS) is 12.3. The molecule has 1 unspecified atom stereocenters. The average molecular weight is 256 g/mol. The van der Waals surface area contributed by atoms with Crippen molar-refractivity contribution in [1.29, 1.82) is 0 Å². The van der Waals surface area contributed by atoms with E-state index in [1.165, 1.54) is 0 Å². The zero-order valence-corrected chi connectivity index (χ0v) is 11.5. The third-order valence-corrected chi connectivity index (χ3v) is 3.42. The van der Waals surface area contributed by atoms with Gasteiger partial charge in [-0.25, -0.2) is 0 Å². The van der Waals surface area contributed by atoms with Gasteiger partial charge in [-0.1, -0.05) is 37.3 Å². The summed E-state index contributed by atoms with van der Waals surface area (Å²) in [5, 5.41) is 4.12. The Bertz CT molecular complexity index is 531. The molecule has 0 spiro atoms. The van der Waals surface area contributed by atoms with E-state index >= 15 is 0 Å². The number of rotatable bonds is 6. The lowest BCUT2D eigenvalue weighted by atomic mass is 9.89. The third-order valence-electron chi connectivity index (χ3n) is 3.42. The summed E-state index contributed by atoms with van der Waals surface area (Å²) in [6.07, 6.45) is 6.01. The number of aromatic nitrogens is 2. The molecule has 0 amide bonds. The van der Waals surface area contributed by atoms with Gasteiger partial charge < -0.3 is 0 Å². The van der Waals surface area contributed by atoms with Crippen LogP contribution in [0.1, 0.15) is 36.8 Å². The molecule has 1 aromatic heterocycles. The van der Waals surface area contributed by atoms with Crippen LogP contribution in [-0.2, 0) is 18.3 Å². The van der Waals surface area contributed by atoms with Gasteiger partial charge in [-0.3, -0.25) is 9.48 Å². The van der Waals surface area contributed by atoms with Gasteiger partial charge in [-0.2, -0.15) is 5.10 Å². The second-order valence-electron chi connectivity index (χ2n) is 4.86. The van der Waals surface area contributed by atoms with Crippen LogP contribution >= 0.6 is 0 Å². The number of aryl methyl sites for hydroxylation is 2. The first kappa shape index (κ1) is 13.5. The van der Waals surface area contributed by atoms with Crippen molar-refractivity contribution in [2.75, 3.05) is 0 Å². The molecule has 19 heavy (non-hydrogen) atoms. The van der Waals surface area contributed by atoms with Crippen LogP contribution in [0.25, 0.3) is 0 Å². The number of Topliss-reactive ketones (excluding diaryl/α,β-unsaturated/α-hetero) is 1. The van der Waals surface area contributed by atoms with Crippen molar-refractivity contribution >= 4 is 5.78 Å². The Morgan fingerprint density at radius 2 is 2.05 bits per heavy atom. The van der Waals surface area contributed by atoms with E-state index < -0.39 is 0 Å². The fourth-order valence-electron chi connectivity index (χ4n) is 2.38. The number of nitrogens with zero attached hydrogens (tertiary/aromatic N) is 2. The fraction of sp³-hybridized carbons (Fsp3) is 0.375. The number of carbonyl (C=O) groups excluding carboxylic acids is 1. The number of hydrogen-bond acceptors (Lipinski definition) is 2. The summed E-state index contributed by atoms with van der Waals surface area (Å²) in [7, 11) is 1.89. The minimum absolute atomic E-state index is 0.0258. The van der Waals surface area contributed by atoms with Gasteiger partial charge in [0.15, 0.2) is 0 Å². The van der Waals surface area contributed by atoms with Gasteiger partial charge in [0.25, 0.3) is 0 Å². The third kappa shape index (κ3) is 3.53. The van der Waals surface area contributed by atoms with Gasteiger partial charge >= 0.3 is 0 Å². The first-order valence-electron chi connectivity index (χ1n) is 6.76. The molecule has 0 saturated carbocycles. The molecule has 2 aromatic rings. The highest BCUT2D eigenvalue weighted by Gasteiger charge is 2.18. The molecule has 0 bridgehead atoms. The Morgan fingerprint density at radius 3 is 2.63 bits per heavy atom. The summed E-state index contributed by atoms with van der Waals surface area (Å²) < 4.78 is 1.77. The van der Waals surface area contributed by atoms with Crippen LogP contribution in [-0.4, -0.2) is 15.6 Å². The molecule has 0 saturated heterocycles. The molecule has 0 aliphatic heterocycles. The standard InChI is InChI=1S/C16H20N2O/c1-3-15(14-7-5-4-6-8-14)16(19)10-9-13-11-17-18(2)12-13/h4-8,11-12,15H,3,9-10H2,1-2H3. The minimum Gasteiger partial charge on any atom is -0.299 e. The van der Waals surface area contributed by atoms with Crippen LogP contribution < -0.4 is 0 Å². The maximum absolute atomic E-state index is 12.3. The van der Waals surface area contributed by atoms with E-state index in [4.69, 9.17) is 0 Å². The molecule has 1 aromatic carbocycles. The predicted molar refractivity (Wildman–Crippen MR) is 76.0 cm³/mol. The Kier molecular flexibility index (Phi) is 4.50. The number of carbonyl (C=O) groups is 1. The summed E-state index contributed by atoms with van der Waals surface area (Å²) in [5.41, 5.74) is 2.25. The maximum atomic E-state index is 12.3. The first-order valence-corrected chi connectivity index (χ1v) is 6.76. The van der Waals surface area contributed by atoms with E-state index in [9.17, 15) is 4.79 Å². The van der Waals surface area contributed by atoms with Gasteiger partial charge in [0.2, 0.25) is 0 Å². The quantitative estimate of drug-likeness (QED) is 0.796. The summed E-state index contributed by atoms with van der Waals surface area (Å²) >= 11 is 0. The second kappa shape index (κ2) is 6.32. The Balaban J connectivity index is 1.98. The second-order valence-corrected chi connectivity index (χ2v) is 4.86. The molecular formula is C16H20N2O. The van der Waals surface area contributed by atoms with E-state index in [0.717, 1.165) is 24.0 Å². The summed E-state index contributed by atoms with van der Waals surface area (Å²) in [4.78, 5) is 12.3. The van der Waals surface area contributed by atoms with Crippen LogP contribution in [0.4, 0.5) is 0 Å². The van der Waals surface area contributed by atoms with E-state index in [0.29, 0.717) is 12.2 Å². The number of ketones is 1. The molecule has 0 fully saturated rings. The molecule has 3 heteroatoms. The van der Waals surface area contributed by atoms with Crippen molar-refractivity contribution in [2.45, 2.75) is 32.1 Å². The van der Waals surface area contributed by atoms with Crippen molar-refractivity contribution in [3.8, 4) is 0 Å². The molecule has 2 rings (SSSR count). The molecule has 1 heterocycles. The summed E-state index contributed by atoms with van der Waals surface area (Å²) in [6.45, 7) is 2.07. The van der Waals surface area contributed by atoms with Crippen molar-refractivity contribution in [3.63, 3.8) is 0 Å². The molecular weight excluding hydrogens is 236 g/mol. The highest BCUT2D eigenvalue weighted by molar-refractivity contribution is 5.85. The first-order chi connectivity index (χ1) is 9.20. The molecule has 0 N–H and O–H groups in total. The van der Waals surface area contributed by atoms with Crippen molar-refractivity contribution in [1.82, 2.24) is 9.78 Å². The Hall–Kier alpha value is -1.90. The van der Waals surface area contributed by atoms with Crippen LogP contribution in [0.5, 0.6) is 0 Å². The monoisotopic (exact) mass is 256 g/mol. The lowest BCUT2D eigenvalue weighted by Crippen LogP contribution is -2.12. The molecule has 1 atom stereocenters. The topological polar surface area (TPSA) is 34.9 Å². The highest BCUT2D eigenvalue weighted by atomic mass is 16.1. The van der Waals surface area contributed by atoms with Crippen LogP contribution in [0.3, 0.4) is 0 Å². The van der Waals surface area contributed by atoms with Gasteiger partial charge in [-0.05, 0) is 24.0 Å². The zero-order valence-electron chi connectivity index (χ0n) is 11.5. The van der Waals surface area contributed by atoms with Crippen molar-refractivity contribution in [2.24, 2.45) is 7.05 Å². The van der Waals surface area contributed by atoms with E-state index in [-0.39, 0.29) is 5.92 Å². The van der Waals surface area contributed by atoms with Gasteiger partial charge in [0, 0.05) is 25.6 Å². The van der Waals surface area contributed by atoms with Gasteiger partial charge in [0.05, 0.1) is 6.20 Å². The SMILES string of the molecule is CCC(C(=O)CCc1cnn(C)c1)c1ccccc1. The van der Waals surface area contributed by atoms with E-state index in [1.807, 2.05) is 49.8 Å². The van der Waals surface area contributed by atoms with Crippen LogP contribution in [0, 0.1) is 0 Å². The van der Waals surface area contributed by atoms with Gasteiger partial charge in [-0.15, -0.1) is 0 Å². The zero-order chi connectivity index (χ0) is 13.7. The Morgan fingerprint density at radius 1 is 1.32 bits per heavy atom. The fourth-order valence-corrected chi connectivity index (χ4v) is 2.38. The molecule has 0 aliphatic rings. The molecule has 100 valence electrons. The molecule has 0 aliphatic carbocycles. The maximum Gasteiger partial charge on any atom is 0.140 e. The van der Waals surface area contributed by atoms with Crippen LogP contribution in [0.15, 0.2) is 42.7 Å². The molecule has 0 radical (unpaired) electrons. The number of hydrogen-bond donors (Lipinski definition) is 0. The highest BCUT2D eigenvalue weighted by Crippen LogP contribution is 2.22. The largest absolute Gasteiger partial charge is 0.299 e. The van der Waals surface area contributed by atoms with Crippen molar-refractivity contribution in [3.05, 3.63) is 53.9 Å². The van der Waals surface area contributed by atoms with Crippen LogP contribution in [0.2, 0.25) is 0 Å². The lowest BCUT2D eigenvalue weighted by molar-refractivity contribution is -0.120. The van der Waals surface area contributed by atoms with Gasteiger partial charge in [0.1, 0.15) is 5.78 Å². The lowest BCUT2D eigenvalue weighted by Gasteiger charge is -2.13. The molecule has 3 nitrogen and oxygen atoms in total. The Labute approximate surface area is 114 Å². The summed E-state index contributed by atoms with van der Waals surface area (Å²) in [5.74, 6) is 0.343. The minimum atomic E-state index is 0.0258. The van der Waals surface area contributed by atoms with E-state index in [1.54, 1.807) is 4.68 Å². The van der Waals surface area contributed by atoms with E-state index in [2.05, 4.69) is 12.0 Å². The average Bonchev–Trinajstić information content (AvgIpc) is 2.84. The predicted octanol–water partition coefficient (Wildman–Crippen LogP) is 3.12. The summed E-state index contributed by atoms with van der Waals surface area (Å²) in [6, 6.07) is 10.0. The smallest absolute Gasteiger partial charge is 0.140 e. The number of benzene rings is 1.